The number of hydrogen-bond donors (Lipinski definition) is 0. The number of carbonyl (C=O) groups excluding carboxylic acids is 1. The fourth-order valence-corrected chi connectivity index (χ4v) is 4.10. The Morgan fingerprint density at radius 3 is 2.15 bits per heavy atom. The zero-order valence-electron chi connectivity index (χ0n) is 14.7. The van der Waals surface area contributed by atoms with Crippen molar-refractivity contribution < 1.29 is 18.0 Å². The molecular formula is C17H18Br2F3N3O. The molecule has 142 valence electrons. The Balaban J connectivity index is 2.72. The van der Waals surface area contributed by atoms with Gasteiger partial charge in [0.15, 0.2) is 11.4 Å². The van der Waals surface area contributed by atoms with Crippen molar-refractivity contribution in [2.45, 2.75) is 39.4 Å². The summed E-state index contributed by atoms with van der Waals surface area (Å²) in [6.45, 7) is 7.29. The van der Waals surface area contributed by atoms with E-state index in [1.165, 1.54) is 4.90 Å². The molecule has 26 heavy (non-hydrogen) atoms. The SMILES string of the molecule is CCN(C(=O)c1ncn(-c2c(Br)cccc2Br)c1C(F)(F)F)C(C)(C)C. The maximum Gasteiger partial charge on any atom is 0.434 e. The van der Waals surface area contributed by atoms with E-state index in [1.54, 1.807) is 45.9 Å². The summed E-state index contributed by atoms with van der Waals surface area (Å²) in [6.07, 6.45) is -3.73. The van der Waals surface area contributed by atoms with Crippen LogP contribution in [0.1, 0.15) is 43.9 Å². The number of benzene rings is 1. The standard InChI is InChI=1S/C17H18Br2F3N3O/c1-5-25(16(2,3)4)15(26)12-14(17(20,21)22)24(9-23-12)13-10(18)7-6-8-11(13)19/h6-9H,5H2,1-4H3. The van der Waals surface area contributed by atoms with Crippen molar-refractivity contribution >= 4 is 37.8 Å². The molecule has 0 aliphatic heterocycles. The number of para-hydroxylation sites is 1. The summed E-state index contributed by atoms with van der Waals surface area (Å²) in [7, 11) is 0. The molecule has 0 saturated heterocycles. The van der Waals surface area contributed by atoms with E-state index in [0.717, 1.165) is 10.9 Å². The Bertz CT molecular complexity index is 805. The fourth-order valence-electron chi connectivity index (χ4n) is 2.71. The molecule has 0 atom stereocenters. The minimum absolute atomic E-state index is 0.227. The largest absolute Gasteiger partial charge is 0.434 e. The van der Waals surface area contributed by atoms with Gasteiger partial charge in [-0.25, -0.2) is 4.98 Å². The van der Waals surface area contributed by atoms with Crippen LogP contribution in [0, 0.1) is 0 Å². The van der Waals surface area contributed by atoms with E-state index >= 15 is 0 Å². The van der Waals surface area contributed by atoms with Gasteiger partial charge in [-0.1, -0.05) is 6.07 Å². The van der Waals surface area contributed by atoms with E-state index in [-0.39, 0.29) is 12.2 Å². The molecule has 0 fully saturated rings. The Morgan fingerprint density at radius 1 is 1.19 bits per heavy atom. The topological polar surface area (TPSA) is 38.1 Å². The van der Waals surface area contributed by atoms with E-state index in [0.29, 0.717) is 8.95 Å². The highest BCUT2D eigenvalue weighted by Gasteiger charge is 2.43. The van der Waals surface area contributed by atoms with Crippen LogP contribution in [-0.2, 0) is 6.18 Å². The van der Waals surface area contributed by atoms with Crippen LogP contribution in [0.3, 0.4) is 0 Å². The van der Waals surface area contributed by atoms with Gasteiger partial charge in [-0.15, -0.1) is 0 Å². The first-order valence-electron chi connectivity index (χ1n) is 7.80. The van der Waals surface area contributed by atoms with Crippen LogP contribution in [0.25, 0.3) is 5.69 Å². The van der Waals surface area contributed by atoms with Crippen LogP contribution in [0.2, 0.25) is 0 Å². The number of hydrogen-bond acceptors (Lipinski definition) is 2. The normalized spacial score (nSPS) is 12.3. The summed E-state index contributed by atoms with van der Waals surface area (Å²) in [6, 6.07) is 4.93. The lowest BCUT2D eigenvalue weighted by Crippen LogP contribution is -2.46. The van der Waals surface area contributed by atoms with Crippen LogP contribution >= 0.6 is 31.9 Å². The molecule has 0 aliphatic rings. The van der Waals surface area contributed by atoms with Crippen LogP contribution in [0.5, 0.6) is 0 Å². The highest BCUT2D eigenvalue weighted by atomic mass is 79.9. The monoisotopic (exact) mass is 495 g/mol. The first-order valence-corrected chi connectivity index (χ1v) is 9.39. The van der Waals surface area contributed by atoms with Gasteiger partial charge < -0.3 is 4.90 Å². The summed E-state index contributed by atoms with van der Waals surface area (Å²) in [4.78, 5) is 18.0. The van der Waals surface area contributed by atoms with Crippen molar-refractivity contribution in [3.8, 4) is 5.69 Å². The molecule has 4 nitrogen and oxygen atoms in total. The molecule has 1 aromatic heterocycles. The predicted octanol–water partition coefficient (Wildman–Crippen LogP) is 5.68. The first-order chi connectivity index (χ1) is 11.9. The zero-order valence-corrected chi connectivity index (χ0v) is 17.8. The maximum atomic E-state index is 13.9. The lowest BCUT2D eigenvalue weighted by Gasteiger charge is -2.34. The third-order valence-electron chi connectivity index (χ3n) is 3.79. The van der Waals surface area contributed by atoms with Crippen LogP contribution in [0.15, 0.2) is 33.5 Å². The molecule has 0 aliphatic carbocycles. The van der Waals surface area contributed by atoms with Gasteiger partial charge in [0.1, 0.15) is 6.33 Å². The number of rotatable bonds is 3. The van der Waals surface area contributed by atoms with Crippen molar-refractivity contribution in [2.75, 3.05) is 6.54 Å². The molecule has 1 heterocycles. The molecule has 0 saturated carbocycles. The van der Waals surface area contributed by atoms with Gasteiger partial charge in [0.2, 0.25) is 0 Å². The van der Waals surface area contributed by atoms with Gasteiger partial charge in [0.25, 0.3) is 5.91 Å². The molecule has 1 aromatic carbocycles. The van der Waals surface area contributed by atoms with Gasteiger partial charge in [0.05, 0.1) is 5.69 Å². The molecule has 0 N–H and O–H groups in total. The summed E-state index contributed by atoms with van der Waals surface area (Å²) in [5, 5.41) is 0. The van der Waals surface area contributed by atoms with Crippen molar-refractivity contribution in [3.63, 3.8) is 0 Å². The Hall–Kier alpha value is -1.35. The van der Waals surface area contributed by atoms with E-state index in [4.69, 9.17) is 0 Å². The molecule has 0 unspecified atom stereocenters. The summed E-state index contributed by atoms with van der Waals surface area (Å²) in [5.74, 6) is -0.755. The highest BCUT2D eigenvalue weighted by Crippen LogP contribution is 2.38. The van der Waals surface area contributed by atoms with E-state index in [9.17, 15) is 18.0 Å². The van der Waals surface area contributed by atoms with Crippen molar-refractivity contribution in [1.29, 1.82) is 0 Å². The number of imidazole rings is 1. The van der Waals surface area contributed by atoms with Crippen molar-refractivity contribution in [1.82, 2.24) is 14.5 Å². The lowest BCUT2D eigenvalue weighted by molar-refractivity contribution is -0.142. The molecular weight excluding hydrogens is 479 g/mol. The van der Waals surface area contributed by atoms with Gasteiger partial charge in [-0.3, -0.25) is 9.36 Å². The minimum atomic E-state index is -4.76. The molecule has 2 rings (SSSR count). The summed E-state index contributed by atoms with van der Waals surface area (Å²) < 4.78 is 43.3. The first kappa shape index (κ1) is 21.0. The zero-order chi connectivity index (χ0) is 19.9. The summed E-state index contributed by atoms with van der Waals surface area (Å²) in [5.41, 5.74) is -2.12. The third-order valence-corrected chi connectivity index (χ3v) is 5.07. The average molecular weight is 497 g/mol. The van der Waals surface area contributed by atoms with Gasteiger partial charge in [0, 0.05) is 21.0 Å². The highest BCUT2D eigenvalue weighted by molar-refractivity contribution is 9.11. The van der Waals surface area contributed by atoms with Gasteiger partial charge in [-0.05, 0) is 71.7 Å². The van der Waals surface area contributed by atoms with E-state index < -0.39 is 29.0 Å². The fraction of sp³-hybridized carbons (Fsp3) is 0.412. The number of carbonyl (C=O) groups is 1. The molecule has 9 heteroatoms. The molecule has 1 amide bonds. The number of aromatic nitrogens is 2. The average Bonchev–Trinajstić information content (AvgIpc) is 2.91. The molecule has 0 bridgehead atoms. The number of halogens is 5. The van der Waals surface area contributed by atoms with Gasteiger partial charge in [-0.2, -0.15) is 13.2 Å². The van der Waals surface area contributed by atoms with Crippen LogP contribution < -0.4 is 0 Å². The Labute approximate surface area is 166 Å². The predicted molar refractivity (Wildman–Crippen MR) is 100 cm³/mol. The smallest absolute Gasteiger partial charge is 0.333 e. The number of amides is 1. The lowest BCUT2D eigenvalue weighted by atomic mass is 10.1. The van der Waals surface area contributed by atoms with Crippen molar-refractivity contribution in [2.24, 2.45) is 0 Å². The van der Waals surface area contributed by atoms with E-state index in [1.807, 2.05) is 0 Å². The maximum absolute atomic E-state index is 13.9. The second-order valence-electron chi connectivity index (χ2n) is 6.60. The minimum Gasteiger partial charge on any atom is -0.333 e. The quantitative estimate of drug-likeness (QED) is 0.548. The van der Waals surface area contributed by atoms with Crippen molar-refractivity contribution in [3.05, 3.63) is 44.9 Å². The second-order valence-corrected chi connectivity index (χ2v) is 8.31. The molecule has 2 aromatic rings. The number of nitrogens with zero attached hydrogens (tertiary/aromatic N) is 3. The Kier molecular flexibility index (Phi) is 5.92. The third kappa shape index (κ3) is 3.98. The summed E-state index contributed by atoms with van der Waals surface area (Å²) >= 11 is 6.53. The second kappa shape index (κ2) is 7.34. The Morgan fingerprint density at radius 2 is 1.73 bits per heavy atom. The van der Waals surface area contributed by atoms with E-state index in [2.05, 4.69) is 36.8 Å². The number of alkyl halides is 3. The van der Waals surface area contributed by atoms with Crippen LogP contribution in [-0.4, -0.2) is 32.4 Å². The van der Waals surface area contributed by atoms with Gasteiger partial charge >= 0.3 is 6.18 Å². The molecule has 0 spiro atoms. The van der Waals surface area contributed by atoms with Crippen LogP contribution in [0.4, 0.5) is 13.2 Å². The molecule has 0 radical (unpaired) electrons.